The predicted molar refractivity (Wildman–Crippen MR) is 76.6 cm³/mol. The number of piperazine rings is 1. The minimum absolute atomic E-state index is 0.106. The number of benzene rings is 1. The van der Waals surface area contributed by atoms with Crippen molar-refractivity contribution in [1.29, 1.82) is 0 Å². The van der Waals surface area contributed by atoms with Gasteiger partial charge in [0.05, 0.1) is 12.1 Å². The van der Waals surface area contributed by atoms with Gasteiger partial charge in [-0.05, 0) is 52.0 Å². The molecule has 0 aromatic heterocycles. The van der Waals surface area contributed by atoms with Crippen molar-refractivity contribution in [2.75, 3.05) is 18.1 Å². The Morgan fingerprint density at radius 1 is 1.37 bits per heavy atom. The van der Waals surface area contributed by atoms with Gasteiger partial charge in [-0.1, -0.05) is 0 Å². The van der Waals surface area contributed by atoms with Gasteiger partial charge < -0.3 is 9.64 Å². The van der Waals surface area contributed by atoms with Crippen molar-refractivity contribution < 1.29 is 9.53 Å². The first kappa shape index (κ1) is 13.9. The lowest BCUT2D eigenvalue weighted by Crippen LogP contribution is -2.65. The molecule has 4 heteroatoms. The highest BCUT2D eigenvalue weighted by Gasteiger charge is 2.38. The standard InChI is InChI=1S/C15H22N2O2/c1-5-19-13-8-6-12(7-9-13)17-10-11(2)16-15(3,4)14(17)18/h6-9,11,16H,5,10H2,1-4H3. The van der Waals surface area contributed by atoms with Gasteiger partial charge in [0, 0.05) is 18.3 Å². The molecule has 1 atom stereocenters. The molecule has 1 aliphatic rings. The molecular formula is C15H22N2O2. The first-order chi connectivity index (χ1) is 8.94. The molecule has 0 saturated carbocycles. The average Bonchev–Trinajstić information content (AvgIpc) is 2.35. The molecule has 1 aromatic carbocycles. The SMILES string of the molecule is CCOc1ccc(N2CC(C)NC(C)(C)C2=O)cc1. The summed E-state index contributed by atoms with van der Waals surface area (Å²) < 4.78 is 5.42. The second-order valence-electron chi connectivity index (χ2n) is 5.51. The van der Waals surface area contributed by atoms with Crippen molar-refractivity contribution in [1.82, 2.24) is 5.32 Å². The number of amides is 1. The zero-order chi connectivity index (χ0) is 14.0. The Morgan fingerprint density at radius 3 is 2.58 bits per heavy atom. The van der Waals surface area contributed by atoms with Gasteiger partial charge in [0.15, 0.2) is 0 Å². The first-order valence-corrected chi connectivity index (χ1v) is 6.76. The summed E-state index contributed by atoms with van der Waals surface area (Å²) in [6, 6.07) is 7.98. The van der Waals surface area contributed by atoms with E-state index in [1.807, 2.05) is 49.9 Å². The van der Waals surface area contributed by atoms with Crippen molar-refractivity contribution in [3.63, 3.8) is 0 Å². The Balaban J connectivity index is 2.22. The first-order valence-electron chi connectivity index (χ1n) is 6.76. The summed E-state index contributed by atoms with van der Waals surface area (Å²) >= 11 is 0. The lowest BCUT2D eigenvalue weighted by Gasteiger charge is -2.41. The summed E-state index contributed by atoms with van der Waals surface area (Å²) in [7, 11) is 0. The molecular weight excluding hydrogens is 240 g/mol. The summed E-state index contributed by atoms with van der Waals surface area (Å²) in [5, 5.41) is 3.32. The second-order valence-corrected chi connectivity index (χ2v) is 5.51. The molecule has 2 rings (SSSR count). The van der Waals surface area contributed by atoms with Gasteiger partial charge in [-0.3, -0.25) is 10.1 Å². The van der Waals surface area contributed by atoms with E-state index < -0.39 is 5.54 Å². The lowest BCUT2D eigenvalue weighted by atomic mass is 9.97. The van der Waals surface area contributed by atoms with Gasteiger partial charge in [-0.2, -0.15) is 0 Å². The molecule has 1 aromatic rings. The van der Waals surface area contributed by atoms with Gasteiger partial charge in [-0.15, -0.1) is 0 Å². The number of carbonyl (C=O) groups excluding carboxylic acids is 1. The van der Waals surface area contributed by atoms with Gasteiger partial charge in [0.2, 0.25) is 5.91 Å². The van der Waals surface area contributed by atoms with E-state index in [-0.39, 0.29) is 11.9 Å². The van der Waals surface area contributed by atoms with Crippen LogP contribution in [0.25, 0.3) is 0 Å². The topological polar surface area (TPSA) is 41.6 Å². The normalized spacial score (nSPS) is 22.4. The van der Waals surface area contributed by atoms with Crippen molar-refractivity contribution in [3.8, 4) is 5.75 Å². The van der Waals surface area contributed by atoms with Crippen LogP contribution in [0, 0.1) is 0 Å². The number of nitrogens with zero attached hydrogens (tertiary/aromatic N) is 1. The van der Waals surface area contributed by atoms with Crippen LogP contribution in [0.3, 0.4) is 0 Å². The molecule has 0 spiro atoms. The molecule has 1 fully saturated rings. The average molecular weight is 262 g/mol. The van der Waals surface area contributed by atoms with E-state index in [0.29, 0.717) is 13.2 Å². The summed E-state index contributed by atoms with van der Waals surface area (Å²) in [4.78, 5) is 14.3. The second kappa shape index (κ2) is 5.21. The Morgan fingerprint density at radius 2 is 2.00 bits per heavy atom. The highest BCUT2D eigenvalue weighted by Crippen LogP contribution is 2.25. The van der Waals surface area contributed by atoms with Crippen molar-refractivity contribution in [2.24, 2.45) is 0 Å². The Hall–Kier alpha value is -1.55. The maximum atomic E-state index is 12.4. The van der Waals surface area contributed by atoms with Crippen LogP contribution < -0.4 is 15.0 Å². The van der Waals surface area contributed by atoms with E-state index in [9.17, 15) is 4.79 Å². The van der Waals surface area contributed by atoms with Gasteiger partial charge in [-0.25, -0.2) is 0 Å². The fraction of sp³-hybridized carbons (Fsp3) is 0.533. The number of hydrogen-bond donors (Lipinski definition) is 1. The lowest BCUT2D eigenvalue weighted by molar-refractivity contribution is -0.125. The summed E-state index contributed by atoms with van der Waals surface area (Å²) in [5.41, 5.74) is 0.408. The number of rotatable bonds is 3. The van der Waals surface area contributed by atoms with Crippen molar-refractivity contribution >= 4 is 11.6 Å². The molecule has 1 amide bonds. The van der Waals surface area contributed by atoms with Crippen LogP contribution in [-0.2, 0) is 4.79 Å². The number of hydrogen-bond acceptors (Lipinski definition) is 3. The monoisotopic (exact) mass is 262 g/mol. The summed E-state index contributed by atoms with van der Waals surface area (Å²) in [6.45, 7) is 9.24. The van der Waals surface area contributed by atoms with E-state index in [1.165, 1.54) is 0 Å². The highest BCUT2D eigenvalue weighted by atomic mass is 16.5. The van der Waals surface area contributed by atoms with Crippen LogP contribution in [0.4, 0.5) is 5.69 Å². The maximum absolute atomic E-state index is 12.4. The van der Waals surface area contributed by atoms with Crippen LogP contribution >= 0.6 is 0 Å². The van der Waals surface area contributed by atoms with Gasteiger partial charge >= 0.3 is 0 Å². The molecule has 19 heavy (non-hydrogen) atoms. The third kappa shape index (κ3) is 2.89. The molecule has 1 heterocycles. The van der Waals surface area contributed by atoms with E-state index in [4.69, 9.17) is 4.74 Å². The third-order valence-corrected chi connectivity index (χ3v) is 3.30. The Bertz CT molecular complexity index is 454. The van der Waals surface area contributed by atoms with E-state index >= 15 is 0 Å². The minimum Gasteiger partial charge on any atom is -0.494 e. The third-order valence-electron chi connectivity index (χ3n) is 3.30. The van der Waals surface area contributed by atoms with E-state index in [2.05, 4.69) is 12.2 Å². The van der Waals surface area contributed by atoms with Gasteiger partial charge in [0.25, 0.3) is 0 Å². The van der Waals surface area contributed by atoms with Gasteiger partial charge in [0.1, 0.15) is 5.75 Å². The smallest absolute Gasteiger partial charge is 0.246 e. The summed E-state index contributed by atoms with van der Waals surface area (Å²) in [5.74, 6) is 0.941. The van der Waals surface area contributed by atoms with Crippen LogP contribution in [0.2, 0.25) is 0 Å². The molecule has 4 nitrogen and oxygen atoms in total. The number of anilines is 1. The minimum atomic E-state index is -0.518. The largest absolute Gasteiger partial charge is 0.494 e. The molecule has 1 unspecified atom stereocenters. The molecule has 1 aliphatic heterocycles. The molecule has 1 N–H and O–H groups in total. The van der Waals surface area contributed by atoms with E-state index in [1.54, 1.807) is 0 Å². The fourth-order valence-electron chi connectivity index (χ4n) is 2.53. The highest BCUT2D eigenvalue weighted by molar-refractivity contribution is 6.00. The van der Waals surface area contributed by atoms with Crippen LogP contribution in [0.1, 0.15) is 27.7 Å². The van der Waals surface area contributed by atoms with E-state index in [0.717, 1.165) is 11.4 Å². The quantitative estimate of drug-likeness (QED) is 0.908. The molecule has 0 radical (unpaired) electrons. The predicted octanol–water partition coefficient (Wildman–Crippen LogP) is 2.19. The molecule has 104 valence electrons. The maximum Gasteiger partial charge on any atom is 0.246 e. The van der Waals surface area contributed by atoms with Crippen LogP contribution in [0.5, 0.6) is 5.75 Å². The molecule has 1 saturated heterocycles. The van der Waals surface area contributed by atoms with Crippen molar-refractivity contribution in [2.45, 2.75) is 39.3 Å². The zero-order valence-electron chi connectivity index (χ0n) is 12.1. The Labute approximate surface area is 114 Å². The molecule has 0 aliphatic carbocycles. The number of ether oxygens (including phenoxy) is 1. The number of carbonyl (C=O) groups is 1. The van der Waals surface area contributed by atoms with Crippen LogP contribution in [0.15, 0.2) is 24.3 Å². The van der Waals surface area contributed by atoms with Crippen molar-refractivity contribution in [3.05, 3.63) is 24.3 Å². The number of nitrogens with one attached hydrogen (secondary N) is 1. The summed E-state index contributed by atoms with van der Waals surface area (Å²) in [6.07, 6.45) is 0. The fourth-order valence-corrected chi connectivity index (χ4v) is 2.53. The molecule has 0 bridgehead atoms. The zero-order valence-corrected chi connectivity index (χ0v) is 12.1. The Kier molecular flexibility index (Phi) is 3.80. The van der Waals surface area contributed by atoms with Crippen LogP contribution in [-0.4, -0.2) is 30.6 Å².